The number of methoxy groups -OCH3 is 1. The summed E-state index contributed by atoms with van der Waals surface area (Å²) in [5.74, 6) is 0.775. The first-order valence-corrected chi connectivity index (χ1v) is 6.78. The number of ether oxygens (including phenoxy) is 1. The normalized spacial score (nSPS) is 10.3. The van der Waals surface area contributed by atoms with Crippen LogP contribution >= 0.6 is 11.8 Å². The van der Waals surface area contributed by atoms with Crippen molar-refractivity contribution in [2.75, 3.05) is 7.11 Å². The lowest BCUT2D eigenvalue weighted by Crippen LogP contribution is -1.90. The van der Waals surface area contributed by atoms with Crippen LogP contribution < -0.4 is 4.74 Å². The first-order valence-electron chi connectivity index (χ1n) is 5.80. The van der Waals surface area contributed by atoms with E-state index in [0.717, 1.165) is 17.4 Å². The minimum absolute atomic E-state index is 0.240. The molecule has 0 saturated carbocycles. The third-order valence-electron chi connectivity index (χ3n) is 2.68. The molecular weight excluding hydrogens is 281 g/mol. The highest BCUT2D eigenvalue weighted by atomic mass is 32.2. The van der Waals surface area contributed by atoms with Crippen LogP contribution in [0.1, 0.15) is 5.56 Å². The Morgan fingerprint density at radius 3 is 2.50 bits per heavy atom. The molecule has 0 aliphatic heterocycles. The summed E-state index contributed by atoms with van der Waals surface area (Å²) in [6.07, 6.45) is 0. The molecule has 0 heterocycles. The van der Waals surface area contributed by atoms with Crippen molar-refractivity contribution in [2.45, 2.75) is 10.6 Å². The van der Waals surface area contributed by atoms with Crippen LogP contribution in [0.3, 0.4) is 0 Å². The molecular formula is C14H12FNO3S. The summed E-state index contributed by atoms with van der Waals surface area (Å²) in [6.45, 7) is 0. The van der Waals surface area contributed by atoms with Crippen molar-refractivity contribution in [1.82, 2.24) is 0 Å². The second kappa shape index (κ2) is 6.38. The molecule has 2 rings (SSSR count). The summed E-state index contributed by atoms with van der Waals surface area (Å²) in [7, 11) is 1.59. The fourth-order valence-electron chi connectivity index (χ4n) is 1.60. The fourth-order valence-corrected chi connectivity index (χ4v) is 2.48. The van der Waals surface area contributed by atoms with E-state index >= 15 is 0 Å². The molecule has 0 saturated heterocycles. The van der Waals surface area contributed by atoms with Crippen molar-refractivity contribution >= 4 is 17.4 Å². The van der Waals surface area contributed by atoms with Crippen LogP contribution in [0.25, 0.3) is 0 Å². The molecule has 0 amide bonds. The van der Waals surface area contributed by atoms with Gasteiger partial charge in [0, 0.05) is 16.7 Å². The molecule has 6 heteroatoms. The molecule has 2 aromatic carbocycles. The van der Waals surface area contributed by atoms with Crippen LogP contribution in [0, 0.1) is 15.9 Å². The average molecular weight is 293 g/mol. The van der Waals surface area contributed by atoms with Gasteiger partial charge in [-0.25, -0.2) is 4.39 Å². The standard InChI is InChI=1S/C14H12FNO3S/c1-19-12-5-2-10(3-6-12)9-20-14-7-4-11(16(17)18)8-13(14)15/h2-8H,9H2,1H3. The maximum Gasteiger partial charge on any atom is 0.272 e. The summed E-state index contributed by atoms with van der Waals surface area (Å²) in [5.41, 5.74) is 0.782. The van der Waals surface area contributed by atoms with Gasteiger partial charge in [0.2, 0.25) is 0 Å². The van der Waals surface area contributed by atoms with Crippen molar-refractivity contribution < 1.29 is 14.1 Å². The molecule has 0 unspecified atom stereocenters. The summed E-state index contributed by atoms with van der Waals surface area (Å²) < 4.78 is 18.7. The predicted octanol–water partition coefficient (Wildman–Crippen LogP) is 4.03. The second-order valence-electron chi connectivity index (χ2n) is 4.01. The van der Waals surface area contributed by atoms with E-state index in [-0.39, 0.29) is 5.69 Å². The van der Waals surface area contributed by atoms with Gasteiger partial charge in [-0.05, 0) is 23.8 Å². The zero-order chi connectivity index (χ0) is 14.5. The Morgan fingerprint density at radius 2 is 1.95 bits per heavy atom. The van der Waals surface area contributed by atoms with E-state index in [1.807, 2.05) is 24.3 Å². The molecule has 0 bridgehead atoms. The molecule has 104 valence electrons. The topological polar surface area (TPSA) is 52.4 Å². The number of hydrogen-bond acceptors (Lipinski definition) is 4. The number of halogens is 1. The molecule has 4 nitrogen and oxygen atoms in total. The Bertz CT molecular complexity index is 616. The predicted molar refractivity (Wildman–Crippen MR) is 75.6 cm³/mol. The summed E-state index contributed by atoms with van der Waals surface area (Å²) in [6, 6.07) is 11.1. The molecule has 0 fully saturated rings. The van der Waals surface area contributed by atoms with E-state index < -0.39 is 10.7 Å². The van der Waals surface area contributed by atoms with Gasteiger partial charge >= 0.3 is 0 Å². The molecule has 0 aliphatic carbocycles. The lowest BCUT2D eigenvalue weighted by Gasteiger charge is -2.05. The molecule has 0 N–H and O–H groups in total. The minimum Gasteiger partial charge on any atom is -0.497 e. The van der Waals surface area contributed by atoms with Crippen molar-refractivity contribution in [3.8, 4) is 5.75 Å². The number of nitro groups is 1. The van der Waals surface area contributed by atoms with Crippen LogP contribution in [-0.4, -0.2) is 12.0 Å². The van der Waals surface area contributed by atoms with E-state index in [1.54, 1.807) is 7.11 Å². The summed E-state index contributed by atoms with van der Waals surface area (Å²) in [5, 5.41) is 10.5. The number of benzene rings is 2. The fraction of sp³-hybridized carbons (Fsp3) is 0.143. The molecule has 0 aromatic heterocycles. The Morgan fingerprint density at radius 1 is 1.25 bits per heavy atom. The van der Waals surface area contributed by atoms with Crippen molar-refractivity contribution in [1.29, 1.82) is 0 Å². The zero-order valence-electron chi connectivity index (χ0n) is 10.7. The highest BCUT2D eigenvalue weighted by Crippen LogP contribution is 2.28. The third-order valence-corrected chi connectivity index (χ3v) is 3.80. The van der Waals surface area contributed by atoms with Gasteiger partial charge in [-0.2, -0.15) is 0 Å². The van der Waals surface area contributed by atoms with E-state index in [0.29, 0.717) is 10.6 Å². The molecule has 0 radical (unpaired) electrons. The Hall–Kier alpha value is -2.08. The Labute approximate surface area is 119 Å². The average Bonchev–Trinajstić information content (AvgIpc) is 2.46. The quantitative estimate of drug-likeness (QED) is 0.474. The number of nitrogens with zero attached hydrogens (tertiary/aromatic N) is 1. The van der Waals surface area contributed by atoms with Gasteiger partial charge in [-0.15, -0.1) is 11.8 Å². The lowest BCUT2D eigenvalue weighted by atomic mass is 10.2. The van der Waals surface area contributed by atoms with Gasteiger partial charge in [0.25, 0.3) is 5.69 Å². The largest absolute Gasteiger partial charge is 0.497 e. The summed E-state index contributed by atoms with van der Waals surface area (Å²) >= 11 is 1.30. The van der Waals surface area contributed by atoms with Crippen LogP contribution in [0.15, 0.2) is 47.4 Å². The van der Waals surface area contributed by atoms with Crippen LogP contribution in [-0.2, 0) is 5.75 Å². The van der Waals surface area contributed by atoms with Crippen molar-refractivity contribution in [2.24, 2.45) is 0 Å². The van der Waals surface area contributed by atoms with E-state index in [9.17, 15) is 14.5 Å². The molecule has 2 aromatic rings. The number of thioether (sulfide) groups is 1. The highest BCUT2D eigenvalue weighted by Gasteiger charge is 2.11. The number of hydrogen-bond donors (Lipinski definition) is 0. The molecule has 20 heavy (non-hydrogen) atoms. The van der Waals surface area contributed by atoms with E-state index in [4.69, 9.17) is 4.74 Å². The zero-order valence-corrected chi connectivity index (χ0v) is 11.5. The van der Waals surface area contributed by atoms with Crippen molar-refractivity contribution in [3.63, 3.8) is 0 Å². The Kier molecular flexibility index (Phi) is 4.57. The number of non-ortho nitro benzene ring substituents is 1. The van der Waals surface area contributed by atoms with Crippen LogP contribution in [0.5, 0.6) is 5.75 Å². The molecule has 0 aliphatic rings. The first-order chi connectivity index (χ1) is 9.60. The monoisotopic (exact) mass is 293 g/mol. The maximum atomic E-state index is 13.7. The SMILES string of the molecule is COc1ccc(CSc2ccc([N+](=O)[O-])cc2F)cc1. The summed E-state index contributed by atoms with van der Waals surface area (Å²) in [4.78, 5) is 10.3. The van der Waals surface area contributed by atoms with Crippen LogP contribution in [0.4, 0.5) is 10.1 Å². The van der Waals surface area contributed by atoms with Gasteiger partial charge < -0.3 is 4.74 Å². The maximum absolute atomic E-state index is 13.7. The third kappa shape index (κ3) is 3.48. The minimum atomic E-state index is -0.610. The van der Waals surface area contributed by atoms with Gasteiger partial charge in [-0.1, -0.05) is 12.1 Å². The number of nitro benzene ring substituents is 1. The first kappa shape index (κ1) is 14.3. The van der Waals surface area contributed by atoms with Gasteiger partial charge in [0.15, 0.2) is 0 Å². The lowest BCUT2D eigenvalue weighted by molar-refractivity contribution is -0.385. The highest BCUT2D eigenvalue weighted by molar-refractivity contribution is 7.98. The van der Waals surface area contributed by atoms with Gasteiger partial charge in [0.1, 0.15) is 11.6 Å². The van der Waals surface area contributed by atoms with E-state index in [2.05, 4.69) is 0 Å². The Balaban J connectivity index is 2.04. The van der Waals surface area contributed by atoms with Crippen LogP contribution in [0.2, 0.25) is 0 Å². The van der Waals surface area contributed by atoms with E-state index in [1.165, 1.54) is 23.9 Å². The molecule has 0 atom stereocenters. The molecule has 0 spiro atoms. The second-order valence-corrected chi connectivity index (χ2v) is 5.03. The van der Waals surface area contributed by atoms with Gasteiger partial charge in [-0.3, -0.25) is 10.1 Å². The number of rotatable bonds is 5. The van der Waals surface area contributed by atoms with Crippen molar-refractivity contribution in [3.05, 3.63) is 64.0 Å². The van der Waals surface area contributed by atoms with Gasteiger partial charge in [0.05, 0.1) is 18.1 Å². The smallest absolute Gasteiger partial charge is 0.272 e.